The highest BCUT2D eigenvalue weighted by Crippen LogP contribution is 2.28. The summed E-state index contributed by atoms with van der Waals surface area (Å²) < 4.78 is 1.99. The normalized spacial score (nSPS) is 21.6. The van der Waals surface area contributed by atoms with Crippen molar-refractivity contribution >= 4 is 29.3 Å². The molecule has 3 aliphatic heterocycles. The van der Waals surface area contributed by atoms with E-state index in [1.165, 1.54) is 0 Å². The van der Waals surface area contributed by atoms with Gasteiger partial charge in [-0.2, -0.15) is 5.10 Å². The van der Waals surface area contributed by atoms with E-state index in [0.29, 0.717) is 12.6 Å². The molecule has 2 saturated heterocycles. The van der Waals surface area contributed by atoms with Crippen molar-refractivity contribution in [3.05, 3.63) is 47.3 Å². The Morgan fingerprint density at radius 3 is 2.59 bits per heavy atom. The van der Waals surface area contributed by atoms with E-state index in [9.17, 15) is 19.2 Å². The summed E-state index contributed by atoms with van der Waals surface area (Å²) in [6.45, 7) is 2.45. The van der Waals surface area contributed by atoms with Crippen LogP contribution in [0.15, 0.2) is 30.6 Å². The number of aromatic nitrogens is 2. The van der Waals surface area contributed by atoms with Crippen molar-refractivity contribution < 1.29 is 19.2 Å². The lowest BCUT2D eigenvalue weighted by atomic mass is 10.0. The molecule has 4 amide bonds. The van der Waals surface area contributed by atoms with E-state index in [-0.39, 0.29) is 29.9 Å². The zero-order valence-corrected chi connectivity index (χ0v) is 17.5. The molecule has 1 unspecified atom stereocenters. The second kappa shape index (κ2) is 8.19. The fourth-order valence-corrected chi connectivity index (χ4v) is 4.53. The lowest BCUT2D eigenvalue weighted by Crippen LogP contribution is -2.54. The van der Waals surface area contributed by atoms with E-state index in [0.717, 1.165) is 42.1 Å². The summed E-state index contributed by atoms with van der Waals surface area (Å²) in [7, 11) is 0. The molecular formula is C22H24N6O4. The van der Waals surface area contributed by atoms with E-state index in [1.54, 1.807) is 24.4 Å². The van der Waals surface area contributed by atoms with Gasteiger partial charge in [-0.05, 0) is 50.0 Å². The molecule has 2 aromatic rings. The number of fused-ring (bicyclic) bond motifs is 1. The number of amides is 4. The Morgan fingerprint density at radius 1 is 1.03 bits per heavy atom. The summed E-state index contributed by atoms with van der Waals surface area (Å²) in [5, 5.41) is 13.3. The molecule has 0 bridgehead atoms. The molecule has 166 valence electrons. The molecule has 1 aromatic carbocycles. The molecule has 3 N–H and O–H groups in total. The van der Waals surface area contributed by atoms with Crippen molar-refractivity contribution in [1.29, 1.82) is 0 Å². The summed E-state index contributed by atoms with van der Waals surface area (Å²) in [6, 6.07) is 4.54. The topological polar surface area (TPSA) is 125 Å². The minimum absolute atomic E-state index is 0.101. The molecule has 4 heterocycles. The predicted octanol–water partition coefficient (Wildman–Crippen LogP) is 0.821. The SMILES string of the molecule is O=C1CCC(N2C(=O)c3ccc(CNc4cnn(C5CCNCC5)c4)cc3C2=O)C(=O)N1. The van der Waals surface area contributed by atoms with Crippen LogP contribution in [-0.4, -0.2) is 57.4 Å². The second-order valence-corrected chi connectivity index (χ2v) is 8.37. The minimum atomic E-state index is -0.956. The third-order valence-corrected chi connectivity index (χ3v) is 6.29. The van der Waals surface area contributed by atoms with Crippen LogP contribution in [0.25, 0.3) is 0 Å². The van der Waals surface area contributed by atoms with Gasteiger partial charge in [-0.15, -0.1) is 0 Å². The van der Waals surface area contributed by atoms with Gasteiger partial charge in [0.15, 0.2) is 0 Å². The van der Waals surface area contributed by atoms with Crippen molar-refractivity contribution in [2.24, 2.45) is 0 Å². The number of piperidine rings is 2. The van der Waals surface area contributed by atoms with Gasteiger partial charge in [-0.25, -0.2) is 0 Å². The van der Waals surface area contributed by atoms with Crippen LogP contribution >= 0.6 is 0 Å². The molecular weight excluding hydrogens is 412 g/mol. The van der Waals surface area contributed by atoms with Crippen molar-refractivity contribution in [3.8, 4) is 0 Å². The number of carbonyl (C=O) groups is 4. The van der Waals surface area contributed by atoms with Gasteiger partial charge < -0.3 is 10.6 Å². The molecule has 2 fully saturated rings. The van der Waals surface area contributed by atoms with Crippen LogP contribution in [0.3, 0.4) is 0 Å². The van der Waals surface area contributed by atoms with Gasteiger partial charge in [-0.3, -0.25) is 34.1 Å². The Morgan fingerprint density at radius 2 is 1.81 bits per heavy atom. The van der Waals surface area contributed by atoms with E-state index < -0.39 is 23.8 Å². The van der Waals surface area contributed by atoms with Crippen LogP contribution in [0.4, 0.5) is 5.69 Å². The lowest BCUT2D eigenvalue weighted by Gasteiger charge is -2.27. The highest BCUT2D eigenvalue weighted by Gasteiger charge is 2.44. The first-order valence-corrected chi connectivity index (χ1v) is 10.8. The van der Waals surface area contributed by atoms with Gasteiger partial charge in [0.25, 0.3) is 11.8 Å². The summed E-state index contributed by atoms with van der Waals surface area (Å²) in [6.07, 6.45) is 6.12. The van der Waals surface area contributed by atoms with Crippen LogP contribution < -0.4 is 16.0 Å². The van der Waals surface area contributed by atoms with Gasteiger partial charge in [0.1, 0.15) is 6.04 Å². The van der Waals surface area contributed by atoms with E-state index in [4.69, 9.17) is 0 Å². The first-order valence-electron chi connectivity index (χ1n) is 10.8. The largest absolute Gasteiger partial charge is 0.378 e. The average Bonchev–Trinajstić information content (AvgIpc) is 3.37. The number of benzene rings is 1. The molecule has 1 aromatic heterocycles. The van der Waals surface area contributed by atoms with Gasteiger partial charge in [0, 0.05) is 19.2 Å². The summed E-state index contributed by atoms with van der Waals surface area (Å²) in [5.74, 6) is -1.99. The Bertz CT molecular complexity index is 1100. The fourth-order valence-electron chi connectivity index (χ4n) is 4.53. The molecule has 10 nitrogen and oxygen atoms in total. The number of imide groups is 2. The number of anilines is 1. The number of rotatable bonds is 5. The maximum absolute atomic E-state index is 12.9. The van der Waals surface area contributed by atoms with Crippen LogP contribution in [0.5, 0.6) is 0 Å². The molecule has 32 heavy (non-hydrogen) atoms. The number of nitrogens with zero attached hydrogens (tertiary/aromatic N) is 3. The van der Waals surface area contributed by atoms with Crippen molar-refractivity contribution in [2.75, 3.05) is 18.4 Å². The first-order chi connectivity index (χ1) is 15.5. The summed E-state index contributed by atoms with van der Waals surface area (Å²) in [5.41, 5.74) is 2.29. The lowest BCUT2D eigenvalue weighted by molar-refractivity contribution is -0.136. The first kappa shape index (κ1) is 20.4. The van der Waals surface area contributed by atoms with Gasteiger partial charge >= 0.3 is 0 Å². The van der Waals surface area contributed by atoms with Crippen molar-refractivity contribution in [3.63, 3.8) is 0 Å². The Kier molecular flexibility index (Phi) is 5.22. The maximum atomic E-state index is 12.9. The van der Waals surface area contributed by atoms with Crippen LogP contribution in [0, 0.1) is 0 Å². The monoisotopic (exact) mass is 436 g/mol. The standard InChI is InChI=1S/C22H24N6O4/c29-19-4-3-18(20(30)26-19)28-21(31)16-2-1-13(9-17(16)22(28)32)10-24-14-11-25-27(12-14)15-5-7-23-8-6-15/h1-2,9,11-12,15,18,23-24H,3-8,10H2,(H,26,29,30). The smallest absolute Gasteiger partial charge is 0.262 e. The molecule has 1 atom stereocenters. The summed E-state index contributed by atoms with van der Waals surface area (Å²) in [4.78, 5) is 50.3. The average molecular weight is 436 g/mol. The molecule has 5 rings (SSSR count). The van der Waals surface area contributed by atoms with Gasteiger partial charge in [0.05, 0.1) is 29.1 Å². The van der Waals surface area contributed by atoms with Gasteiger partial charge in [-0.1, -0.05) is 6.07 Å². The van der Waals surface area contributed by atoms with Gasteiger partial charge in [0.2, 0.25) is 11.8 Å². The predicted molar refractivity (Wildman–Crippen MR) is 114 cm³/mol. The van der Waals surface area contributed by atoms with Crippen LogP contribution in [0.2, 0.25) is 0 Å². The number of hydrogen-bond donors (Lipinski definition) is 3. The van der Waals surface area contributed by atoms with Crippen molar-refractivity contribution in [1.82, 2.24) is 25.3 Å². The fraction of sp³-hybridized carbons (Fsp3) is 0.409. The molecule has 0 saturated carbocycles. The quantitative estimate of drug-likeness (QED) is 0.593. The Labute approximate surface area is 184 Å². The number of hydrogen-bond acceptors (Lipinski definition) is 7. The molecule has 0 radical (unpaired) electrons. The zero-order valence-electron chi connectivity index (χ0n) is 17.5. The van der Waals surface area contributed by atoms with E-state index in [2.05, 4.69) is 21.0 Å². The Balaban J connectivity index is 1.27. The second-order valence-electron chi connectivity index (χ2n) is 8.37. The highest BCUT2D eigenvalue weighted by molar-refractivity contribution is 6.23. The molecule has 3 aliphatic rings. The minimum Gasteiger partial charge on any atom is -0.378 e. The zero-order chi connectivity index (χ0) is 22.2. The Hall–Kier alpha value is -3.53. The highest BCUT2D eigenvalue weighted by atomic mass is 16.2. The number of carbonyl (C=O) groups excluding carboxylic acids is 4. The van der Waals surface area contributed by atoms with Crippen molar-refractivity contribution in [2.45, 2.75) is 44.3 Å². The van der Waals surface area contributed by atoms with E-state index in [1.807, 2.05) is 10.9 Å². The van der Waals surface area contributed by atoms with E-state index >= 15 is 0 Å². The molecule has 0 aliphatic carbocycles. The third kappa shape index (κ3) is 3.66. The van der Waals surface area contributed by atoms with Crippen LogP contribution in [0.1, 0.15) is 58.0 Å². The molecule has 0 spiro atoms. The molecule has 10 heteroatoms. The van der Waals surface area contributed by atoms with Crippen LogP contribution in [-0.2, 0) is 16.1 Å². The third-order valence-electron chi connectivity index (χ3n) is 6.29. The summed E-state index contributed by atoms with van der Waals surface area (Å²) >= 11 is 0. The number of nitrogens with one attached hydrogen (secondary N) is 3. The maximum Gasteiger partial charge on any atom is 0.262 e.